The number of carbonyl (C=O) groups is 1. The highest BCUT2D eigenvalue weighted by atomic mass is 32.1. The lowest BCUT2D eigenvalue weighted by Crippen LogP contribution is -2.64. The fourth-order valence-electron chi connectivity index (χ4n) is 6.57. The summed E-state index contributed by atoms with van der Waals surface area (Å²) in [5.41, 5.74) is 3.25. The average molecular weight is 462 g/mol. The molecule has 33 heavy (non-hydrogen) atoms. The van der Waals surface area contributed by atoms with E-state index in [4.69, 9.17) is 0 Å². The quantitative estimate of drug-likeness (QED) is 0.703. The number of rotatable bonds is 3. The van der Waals surface area contributed by atoms with E-state index in [2.05, 4.69) is 45.7 Å². The third-order valence-electron chi connectivity index (χ3n) is 8.50. The molecule has 1 N–H and O–H groups in total. The fraction of sp³-hybridized carbons (Fsp3) is 0.577. The van der Waals surface area contributed by atoms with Crippen molar-refractivity contribution < 1.29 is 4.79 Å². The Morgan fingerprint density at radius 3 is 2.82 bits per heavy atom. The van der Waals surface area contributed by atoms with Crippen LogP contribution in [0.4, 0.5) is 5.69 Å². The van der Waals surface area contributed by atoms with Crippen LogP contribution in [0.3, 0.4) is 0 Å². The first-order valence-electron chi connectivity index (χ1n) is 12.3. The van der Waals surface area contributed by atoms with Gasteiger partial charge in [-0.1, -0.05) is 19.1 Å². The SMILES string of the molecule is C=C1C[C@@H]2CC[C@H]1[C@@H](C(=O)N1CCC3(CC1)CN(c1c(C#N)cnc4sc(CC)cc14)C3)N2. The zero-order valence-corrected chi connectivity index (χ0v) is 20.1. The van der Waals surface area contributed by atoms with Crippen molar-refractivity contribution in [3.63, 3.8) is 0 Å². The van der Waals surface area contributed by atoms with E-state index < -0.39 is 0 Å². The summed E-state index contributed by atoms with van der Waals surface area (Å²) in [7, 11) is 0. The maximum absolute atomic E-state index is 13.3. The second kappa shape index (κ2) is 7.82. The molecule has 6 nitrogen and oxygen atoms in total. The van der Waals surface area contributed by atoms with Crippen LogP contribution in [0.2, 0.25) is 0 Å². The lowest BCUT2D eigenvalue weighted by molar-refractivity contribution is -0.138. The van der Waals surface area contributed by atoms with Crippen molar-refractivity contribution in [1.29, 1.82) is 5.26 Å². The van der Waals surface area contributed by atoms with Crippen LogP contribution < -0.4 is 10.2 Å². The zero-order valence-electron chi connectivity index (χ0n) is 19.3. The van der Waals surface area contributed by atoms with Crippen molar-refractivity contribution in [2.24, 2.45) is 11.3 Å². The van der Waals surface area contributed by atoms with Gasteiger partial charge in [0, 0.05) is 60.0 Å². The summed E-state index contributed by atoms with van der Waals surface area (Å²) in [6.07, 6.45) is 8.10. The summed E-state index contributed by atoms with van der Waals surface area (Å²) in [4.78, 5) is 24.7. The molecule has 5 fully saturated rings. The third-order valence-corrected chi connectivity index (χ3v) is 9.69. The summed E-state index contributed by atoms with van der Waals surface area (Å²) >= 11 is 1.73. The summed E-state index contributed by atoms with van der Waals surface area (Å²) in [6.45, 7) is 10.0. The van der Waals surface area contributed by atoms with Crippen LogP contribution in [0, 0.1) is 22.7 Å². The Labute approximate surface area is 199 Å². The second-order valence-electron chi connectivity index (χ2n) is 10.5. The molecular weight excluding hydrogens is 430 g/mol. The van der Waals surface area contributed by atoms with Crippen molar-refractivity contribution in [1.82, 2.24) is 15.2 Å². The second-order valence-corrected chi connectivity index (χ2v) is 11.6. The highest BCUT2D eigenvalue weighted by Gasteiger charge is 2.48. The summed E-state index contributed by atoms with van der Waals surface area (Å²) in [6, 6.07) is 4.95. The number of nitrogens with zero attached hydrogens (tertiary/aromatic N) is 4. The van der Waals surface area contributed by atoms with Gasteiger partial charge in [-0.2, -0.15) is 5.26 Å². The number of amides is 1. The minimum Gasteiger partial charge on any atom is -0.369 e. The van der Waals surface area contributed by atoms with Crippen LogP contribution in [-0.4, -0.2) is 54.1 Å². The topological polar surface area (TPSA) is 72.3 Å². The Kier molecular flexibility index (Phi) is 5.00. The lowest BCUT2D eigenvalue weighted by atomic mass is 9.70. The smallest absolute Gasteiger partial charge is 0.240 e. The number of nitrogens with one attached hydrogen (secondary N) is 1. The van der Waals surface area contributed by atoms with Gasteiger partial charge in [-0.3, -0.25) is 4.79 Å². The van der Waals surface area contributed by atoms with Crippen LogP contribution in [0.15, 0.2) is 24.4 Å². The van der Waals surface area contributed by atoms with E-state index in [1.807, 2.05) is 0 Å². The zero-order chi connectivity index (χ0) is 22.7. The average Bonchev–Trinajstić information content (AvgIpc) is 3.25. The standard InChI is InChI=1S/C26H31N5OS/c1-3-19-11-21-23(17(12-27)13-28-24(21)33-19)31-14-26(15-31)6-8-30(9-7-26)25(32)22-20-5-4-18(29-22)10-16(20)2/h11,13,18,20,22,29H,2-10,14-15H2,1H3/t18-,20+,22-/m0/s1. The number of likely N-dealkylation sites (tertiary alicyclic amines) is 1. The Morgan fingerprint density at radius 2 is 2.15 bits per heavy atom. The van der Waals surface area contributed by atoms with Gasteiger partial charge in [0.15, 0.2) is 0 Å². The Morgan fingerprint density at radius 1 is 1.36 bits per heavy atom. The molecule has 6 heterocycles. The number of anilines is 1. The van der Waals surface area contributed by atoms with Crippen LogP contribution in [0.1, 0.15) is 49.5 Å². The third kappa shape index (κ3) is 3.38. The molecule has 0 unspecified atom stereocenters. The number of hydrogen-bond acceptors (Lipinski definition) is 6. The van der Waals surface area contributed by atoms with E-state index in [1.165, 1.54) is 16.9 Å². The van der Waals surface area contributed by atoms with Crippen LogP contribution in [0.5, 0.6) is 0 Å². The minimum absolute atomic E-state index is 0.0634. The number of pyridine rings is 1. The van der Waals surface area contributed by atoms with Gasteiger partial charge in [-0.25, -0.2) is 4.98 Å². The van der Waals surface area contributed by atoms with Crippen molar-refractivity contribution >= 4 is 33.1 Å². The van der Waals surface area contributed by atoms with Crippen LogP contribution in [-0.2, 0) is 11.2 Å². The number of carbonyl (C=O) groups excluding carboxylic acids is 1. The molecule has 1 spiro atoms. The van der Waals surface area contributed by atoms with E-state index in [1.54, 1.807) is 17.5 Å². The molecule has 2 aromatic rings. The van der Waals surface area contributed by atoms with Gasteiger partial charge in [-0.05, 0) is 44.6 Å². The molecule has 4 aliphatic heterocycles. The molecule has 1 saturated carbocycles. The van der Waals surface area contributed by atoms with Gasteiger partial charge in [0.1, 0.15) is 10.9 Å². The molecule has 172 valence electrons. The molecule has 0 radical (unpaired) electrons. The van der Waals surface area contributed by atoms with Crippen LogP contribution in [0.25, 0.3) is 10.2 Å². The fourth-order valence-corrected chi connectivity index (χ4v) is 7.51. The monoisotopic (exact) mass is 461 g/mol. The number of aromatic nitrogens is 1. The maximum Gasteiger partial charge on any atom is 0.240 e. The Bertz CT molecular complexity index is 1160. The van der Waals surface area contributed by atoms with Crippen molar-refractivity contribution in [3.8, 4) is 6.07 Å². The molecule has 3 atom stereocenters. The molecule has 5 aliphatic rings. The number of aryl methyl sites for hydroxylation is 1. The van der Waals surface area contributed by atoms with E-state index in [-0.39, 0.29) is 17.4 Å². The van der Waals surface area contributed by atoms with Crippen molar-refractivity contribution in [3.05, 3.63) is 34.9 Å². The van der Waals surface area contributed by atoms with Gasteiger partial charge in [0.25, 0.3) is 0 Å². The minimum atomic E-state index is -0.0634. The molecule has 7 rings (SSSR count). The molecular formula is C26H31N5OS. The Hall–Kier alpha value is -2.43. The number of fused-ring (bicyclic) bond motifs is 4. The van der Waals surface area contributed by atoms with E-state index in [0.717, 1.165) is 74.2 Å². The predicted molar refractivity (Wildman–Crippen MR) is 131 cm³/mol. The van der Waals surface area contributed by atoms with Crippen LogP contribution >= 0.6 is 11.3 Å². The van der Waals surface area contributed by atoms with E-state index in [9.17, 15) is 10.1 Å². The summed E-state index contributed by atoms with van der Waals surface area (Å²) in [5.74, 6) is 0.597. The molecule has 1 amide bonds. The number of hydrogen-bond donors (Lipinski definition) is 1. The first-order valence-corrected chi connectivity index (χ1v) is 13.1. The highest BCUT2D eigenvalue weighted by molar-refractivity contribution is 7.18. The maximum atomic E-state index is 13.3. The van der Waals surface area contributed by atoms with Gasteiger partial charge in [0.05, 0.1) is 17.3 Å². The molecule has 2 bridgehead atoms. The molecule has 4 saturated heterocycles. The number of thiophene rings is 1. The molecule has 1 aliphatic carbocycles. The first kappa shape index (κ1) is 21.1. The van der Waals surface area contributed by atoms with E-state index in [0.29, 0.717) is 17.5 Å². The highest BCUT2D eigenvalue weighted by Crippen LogP contribution is 2.46. The molecule has 0 aromatic carbocycles. The predicted octanol–water partition coefficient (Wildman–Crippen LogP) is 3.86. The first-order chi connectivity index (χ1) is 16.0. The normalized spacial score (nSPS) is 28.2. The van der Waals surface area contributed by atoms with Crippen molar-refractivity contribution in [2.75, 3.05) is 31.1 Å². The molecule has 2 aromatic heterocycles. The van der Waals surface area contributed by atoms with Gasteiger partial charge in [-0.15, -0.1) is 11.3 Å². The van der Waals surface area contributed by atoms with Gasteiger partial charge < -0.3 is 15.1 Å². The summed E-state index contributed by atoms with van der Waals surface area (Å²) in [5, 5.41) is 14.4. The lowest BCUT2D eigenvalue weighted by Gasteiger charge is -2.55. The van der Waals surface area contributed by atoms with E-state index >= 15 is 0 Å². The van der Waals surface area contributed by atoms with Gasteiger partial charge in [0.2, 0.25) is 5.91 Å². The van der Waals surface area contributed by atoms with Crippen molar-refractivity contribution in [2.45, 2.75) is 57.5 Å². The largest absolute Gasteiger partial charge is 0.369 e. The summed E-state index contributed by atoms with van der Waals surface area (Å²) < 4.78 is 0. The Balaban J connectivity index is 1.14. The molecule has 7 heteroatoms. The number of piperidine rings is 3. The van der Waals surface area contributed by atoms with Gasteiger partial charge >= 0.3 is 0 Å². The number of nitriles is 1.